The molecule has 156 valence electrons. The Kier molecular flexibility index (Phi) is 6.12. The highest BCUT2D eigenvalue weighted by atomic mass is 32.2. The van der Waals surface area contributed by atoms with Gasteiger partial charge in [0.15, 0.2) is 0 Å². The lowest BCUT2D eigenvalue weighted by molar-refractivity contribution is 0.102. The van der Waals surface area contributed by atoms with Crippen LogP contribution in [-0.4, -0.2) is 28.5 Å². The van der Waals surface area contributed by atoms with E-state index in [-0.39, 0.29) is 16.1 Å². The van der Waals surface area contributed by atoms with Gasteiger partial charge in [-0.1, -0.05) is 24.3 Å². The second-order valence-corrected chi connectivity index (χ2v) is 8.89. The van der Waals surface area contributed by atoms with Gasteiger partial charge >= 0.3 is 0 Å². The minimum absolute atomic E-state index is 0.177. The maximum Gasteiger partial charge on any atom is 0.264 e. The Bertz CT molecular complexity index is 1190. The molecule has 6 nitrogen and oxygen atoms in total. The van der Waals surface area contributed by atoms with E-state index in [1.165, 1.54) is 7.05 Å². The van der Waals surface area contributed by atoms with E-state index < -0.39 is 15.9 Å². The highest BCUT2D eigenvalue weighted by molar-refractivity contribution is 7.92. The lowest BCUT2D eigenvalue weighted by atomic mass is 10.1. The second-order valence-electron chi connectivity index (χ2n) is 6.92. The van der Waals surface area contributed by atoms with Crippen LogP contribution in [0.25, 0.3) is 0 Å². The molecule has 0 radical (unpaired) electrons. The number of hydrogen-bond donors (Lipinski definition) is 1. The molecular formula is C23H24N2O4S. The van der Waals surface area contributed by atoms with Crippen LogP contribution in [0.3, 0.4) is 0 Å². The molecule has 0 unspecified atom stereocenters. The summed E-state index contributed by atoms with van der Waals surface area (Å²) < 4.78 is 32.7. The fourth-order valence-corrected chi connectivity index (χ4v) is 4.30. The first-order valence-electron chi connectivity index (χ1n) is 9.34. The summed E-state index contributed by atoms with van der Waals surface area (Å²) in [5.74, 6) is 0.191. The lowest BCUT2D eigenvalue weighted by Gasteiger charge is -2.22. The number of amides is 1. The number of benzene rings is 3. The molecule has 7 heteroatoms. The van der Waals surface area contributed by atoms with Crippen molar-refractivity contribution in [3.05, 3.63) is 83.4 Å². The van der Waals surface area contributed by atoms with Crippen molar-refractivity contribution in [2.45, 2.75) is 18.7 Å². The maximum absolute atomic E-state index is 13.2. The molecule has 0 bridgehead atoms. The summed E-state index contributed by atoms with van der Waals surface area (Å²) >= 11 is 0. The van der Waals surface area contributed by atoms with Crippen molar-refractivity contribution in [1.82, 2.24) is 0 Å². The van der Waals surface area contributed by atoms with Gasteiger partial charge in [-0.3, -0.25) is 9.10 Å². The number of sulfonamides is 1. The Labute approximate surface area is 177 Å². The van der Waals surface area contributed by atoms with E-state index in [0.29, 0.717) is 11.4 Å². The number of para-hydroxylation sites is 1. The van der Waals surface area contributed by atoms with Gasteiger partial charge in [-0.05, 0) is 61.4 Å². The summed E-state index contributed by atoms with van der Waals surface area (Å²) in [5, 5.41) is 2.80. The van der Waals surface area contributed by atoms with E-state index in [0.717, 1.165) is 15.4 Å². The Morgan fingerprint density at radius 3 is 2.37 bits per heavy atom. The van der Waals surface area contributed by atoms with E-state index in [2.05, 4.69) is 5.32 Å². The van der Waals surface area contributed by atoms with Crippen LogP contribution in [0.2, 0.25) is 0 Å². The van der Waals surface area contributed by atoms with Gasteiger partial charge in [-0.2, -0.15) is 0 Å². The van der Waals surface area contributed by atoms with Gasteiger partial charge in [-0.25, -0.2) is 8.42 Å². The van der Waals surface area contributed by atoms with E-state index >= 15 is 0 Å². The van der Waals surface area contributed by atoms with Crippen LogP contribution >= 0.6 is 0 Å². The van der Waals surface area contributed by atoms with Crippen molar-refractivity contribution in [3.63, 3.8) is 0 Å². The third-order valence-corrected chi connectivity index (χ3v) is 6.72. The van der Waals surface area contributed by atoms with E-state index in [9.17, 15) is 13.2 Å². The summed E-state index contributed by atoms with van der Waals surface area (Å²) in [6.07, 6.45) is 0. The first-order valence-corrected chi connectivity index (χ1v) is 10.8. The lowest BCUT2D eigenvalue weighted by Crippen LogP contribution is -2.29. The smallest absolute Gasteiger partial charge is 0.264 e. The highest BCUT2D eigenvalue weighted by Crippen LogP contribution is 2.27. The third-order valence-electron chi connectivity index (χ3n) is 4.95. The van der Waals surface area contributed by atoms with Crippen LogP contribution in [0.4, 0.5) is 11.4 Å². The van der Waals surface area contributed by atoms with Crippen LogP contribution in [-0.2, 0) is 10.0 Å². The number of carbonyl (C=O) groups excluding carboxylic acids is 1. The average Bonchev–Trinajstić information content (AvgIpc) is 2.75. The fourth-order valence-electron chi connectivity index (χ4n) is 3.00. The Hall–Kier alpha value is -3.32. The second kappa shape index (κ2) is 8.59. The SMILES string of the molecule is COc1cccc(NC(=O)c2ccccc2N(C)S(=O)(=O)c2ccc(C)c(C)c2)c1. The average molecular weight is 425 g/mol. The Morgan fingerprint density at radius 1 is 0.933 bits per heavy atom. The number of aryl methyl sites for hydroxylation is 2. The fraction of sp³-hybridized carbons (Fsp3) is 0.174. The van der Waals surface area contributed by atoms with E-state index in [1.807, 2.05) is 13.8 Å². The highest BCUT2D eigenvalue weighted by Gasteiger charge is 2.25. The minimum atomic E-state index is -3.84. The zero-order chi connectivity index (χ0) is 21.9. The predicted molar refractivity (Wildman–Crippen MR) is 119 cm³/mol. The first kappa shape index (κ1) is 21.4. The normalized spacial score (nSPS) is 11.1. The van der Waals surface area contributed by atoms with E-state index in [4.69, 9.17) is 4.74 Å². The molecule has 0 atom stereocenters. The summed E-state index contributed by atoms with van der Waals surface area (Å²) in [7, 11) is -0.846. The molecule has 0 aromatic heterocycles. The molecule has 3 aromatic carbocycles. The predicted octanol–water partition coefficient (Wildman–Crippen LogP) is 4.39. The van der Waals surface area contributed by atoms with Crippen molar-refractivity contribution in [1.29, 1.82) is 0 Å². The standard InChI is InChI=1S/C23H24N2O4S/c1-16-12-13-20(14-17(16)2)30(27,28)25(3)22-11-6-5-10-21(22)23(26)24-18-8-7-9-19(15-18)29-4/h5-15H,1-4H3,(H,24,26). The molecular weight excluding hydrogens is 400 g/mol. The molecule has 3 aromatic rings. The first-order chi connectivity index (χ1) is 14.2. The number of anilines is 2. The topological polar surface area (TPSA) is 75.7 Å². The summed E-state index contributed by atoms with van der Waals surface area (Å²) in [6.45, 7) is 3.79. The Morgan fingerprint density at radius 2 is 1.67 bits per heavy atom. The third kappa shape index (κ3) is 4.31. The molecule has 0 aliphatic rings. The van der Waals surface area contributed by atoms with Gasteiger partial charge in [0.2, 0.25) is 0 Å². The monoisotopic (exact) mass is 424 g/mol. The van der Waals surface area contributed by atoms with Crippen molar-refractivity contribution in [2.75, 3.05) is 23.8 Å². The van der Waals surface area contributed by atoms with Crippen molar-refractivity contribution in [3.8, 4) is 5.75 Å². The van der Waals surface area contributed by atoms with Crippen LogP contribution in [0.5, 0.6) is 5.75 Å². The molecule has 30 heavy (non-hydrogen) atoms. The number of hydrogen-bond acceptors (Lipinski definition) is 4. The van der Waals surface area contributed by atoms with Crippen molar-refractivity contribution in [2.24, 2.45) is 0 Å². The number of nitrogens with zero attached hydrogens (tertiary/aromatic N) is 1. The summed E-state index contributed by atoms with van der Waals surface area (Å²) in [6, 6.07) is 18.5. The zero-order valence-corrected chi connectivity index (χ0v) is 18.2. The molecule has 0 spiro atoms. The molecule has 0 aliphatic carbocycles. The molecule has 0 aliphatic heterocycles. The van der Waals surface area contributed by atoms with E-state index in [1.54, 1.807) is 73.8 Å². The zero-order valence-electron chi connectivity index (χ0n) is 17.3. The molecule has 0 saturated heterocycles. The quantitative estimate of drug-likeness (QED) is 0.637. The molecule has 0 saturated carbocycles. The maximum atomic E-state index is 13.2. The number of carbonyl (C=O) groups is 1. The van der Waals surface area contributed by atoms with Crippen LogP contribution in [0.1, 0.15) is 21.5 Å². The molecule has 0 heterocycles. The largest absolute Gasteiger partial charge is 0.497 e. The minimum Gasteiger partial charge on any atom is -0.497 e. The molecule has 3 rings (SSSR count). The van der Waals surface area contributed by atoms with Gasteiger partial charge in [0.05, 0.1) is 23.3 Å². The Balaban J connectivity index is 1.95. The van der Waals surface area contributed by atoms with Crippen LogP contribution in [0.15, 0.2) is 71.6 Å². The van der Waals surface area contributed by atoms with Gasteiger partial charge < -0.3 is 10.1 Å². The molecule has 0 fully saturated rings. The van der Waals surface area contributed by atoms with Crippen molar-refractivity contribution >= 4 is 27.3 Å². The number of rotatable bonds is 6. The summed E-state index contributed by atoms with van der Waals surface area (Å²) in [5.41, 5.74) is 2.98. The number of ether oxygens (including phenoxy) is 1. The van der Waals surface area contributed by atoms with Gasteiger partial charge in [0, 0.05) is 18.8 Å². The number of methoxy groups -OCH3 is 1. The van der Waals surface area contributed by atoms with Gasteiger partial charge in [-0.15, -0.1) is 0 Å². The van der Waals surface area contributed by atoms with Gasteiger partial charge in [0.1, 0.15) is 5.75 Å². The van der Waals surface area contributed by atoms with Crippen molar-refractivity contribution < 1.29 is 17.9 Å². The molecule has 1 amide bonds. The number of nitrogens with one attached hydrogen (secondary N) is 1. The molecule has 1 N–H and O–H groups in total. The summed E-state index contributed by atoms with van der Waals surface area (Å²) in [4.78, 5) is 13.1. The van der Waals surface area contributed by atoms with Crippen LogP contribution in [0, 0.1) is 13.8 Å². The van der Waals surface area contributed by atoms with Crippen LogP contribution < -0.4 is 14.4 Å². The van der Waals surface area contributed by atoms with Gasteiger partial charge in [0.25, 0.3) is 15.9 Å².